The number of nitrogens with one attached hydrogen (secondary N) is 2. The lowest BCUT2D eigenvalue weighted by molar-refractivity contribution is 0.0940. The number of rotatable bonds is 3. The van der Waals surface area contributed by atoms with E-state index in [-0.39, 0.29) is 5.91 Å². The average Bonchev–Trinajstić information content (AvgIpc) is 2.49. The number of aryl methyl sites for hydroxylation is 1. The Bertz CT molecular complexity index is 575. The molecule has 0 radical (unpaired) electrons. The standard InChI is InChI=1S/C15H24N6O/c1-10-18-13-12(4-5-16-15(13)22)14(19-10)17-8-11-9-20(2)6-7-21(11)3/h11H,4-9H2,1-3H3,(H,16,22)(H,17,18,19). The molecule has 2 aliphatic rings. The Kier molecular flexibility index (Phi) is 4.26. The number of piperazine rings is 1. The predicted molar refractivity (Wildman–Crippen MR) is 85.2 cm³/mol. The van der Waals surface area contributed by atoms with E-state index < -0.39 is 0 Å². The summed E-state index contributed by atoms with van der Waals surface area (Å²) in [7, 11) is 4.31. The van der Waals surface area contributed by atoms with Crippen molar-refractivity contribution in [1.82, 2.24) is 25.1 Å². The molecule has 1 aromatic rings. The smallest absolute Gasteiger partial charge is 0.270 e. The molecule has 2 aliphatic heterocycles. The largest absolute Gasteiger partial charge is 0.368 e. The molecule has 1 amide bonds. The molecule has 0 saturated carbocycles. The van der Waals surface area contributed by atoms with Crippen LogP contribution in [0.2, 0.25) is 0 Å². The van der Waals surface area contributed by atoms with Gasteiger partial charge in [0.05, 0.1) is 0 Å². The van der Waals surface area contributed by atoms with Gasteiger partial charge in [0.25, 0.3) is 5.91 Å². The van der Waals surface area contributed by atoms with Crippen molar-refractivity contribution in [1.29, 1.82) is 0 Å². The number of hydrogen-bond donors (Lipinski definition) is 2. The first-order chi connectivity index (χ1) is 10.5. The molecular weight excluding hydrogens is 280 g/mol. The second kappa shape index (κ2) is 6.18. The van der Waals surface area contributed by atoms with Gasteiger partial charge < -0.3 is 15.5 Å². The van der Waals surface area contributed by atoms with Crippen LogP contribution < -0.4 is 10.6 Å². The van der Waals surface area contributed by atoms with E-state index in [1.54, 1.807) is 0 Å². The summed E-state index contributed by atoms with van der Waals surface area (Å²) in [6.07, 6.45) is 0.782. The van der Waals surface area contributed by atoms with Crippen LogP contribution in [0.4, 0.5) is 5.82 Å². The van der Waals surface area contributed by atoms with Gasteiger partial charge in [0.1, 0.15) is 17.3 Å². The summed E-state index contributed by atoms with van der Waals surface area (Å²) < 4.78 is 0. The normalized spacial score (nSPS) is 23.0. The number of amides is 1. The van der Waals surface area contributed by atoms with Gasteiger partial charge in [0.2, 0.25) is 0 Å². The fourth-order valence-electron chi connectivity index (χ4n) is 3.09. The lowest BCUT2D eigenvalue weighted by atomic mass is 10.1. The van der Waals surface area contributed by atoms with Gasteiger partial charge in [-0.3, -0.25) is 9.69 Å². The second-order valence-electron chi connectivity index (χ2n) is 6.23. The van der Waals surface area contributed by atoms with Crippen molar-refractivity contribution < 1.29 is 4.79 Å². The van der Waals surface area contributed by atoms with Crippen molar-refractivity contribution in [2.45, 2.75) is 19.4 Å². The zero-order valence-electron chi connectivity index (χ0n) is 13.5. The molecule has 3 heterocycles. The first kappa shape index (κ1) is 15.2. The van der Waals surface area contributed by atoms with Gasteiger partial charge in [-0.15, -0.1) is 0 Å². The van der Waals surface area contributed by atoms with Gasteiger partial charge in [0.15, 0.2) is 0 Å². The number of fused-ring (bicyclic) bond motifs is 1. The zero-order valence-corrected chi connectivity index (χ0v) is 13.5. The highest BCUT2D eigenvalue weighted by atomic mass is 16.1. The Hall–Kier alpha value is -1.73. The minimum atomic E-state index is -0.0932. The zero-order chi connectivity index (χ0) is 15.7. The summed E-state index contributed by atoms with van der Waals surface area (Å²) in [4.78, 5) is 25.5. The van der Waals surface area contributed by atoms with E-state index in [0.29, 0.717) is 24.1 Å². The van der Waals surface area contributed by atoms with Crippen LogP contribution in [0.3, 0.4) is 0 Å². The van der Waals surface area contributed by atoms with E-state index in [2.05, 4.69) is 44.5 Å². The molecule has 0 spiro atoms. The molecule has 3 rings (SSSR count). The fraction of sp³-hybridized carbons (Fsp3) is 0.667. The third kappa shape index (κ3) is 3.05. The molecule has 2 N–H and O–H groups in total. The summed E-state index contributed by atoms with van der Waals surface area (Å²) in [5, 5.41) is 6.29. The molecule has 0 aromatic carbocycles. The molecule has 22 heavy (non-hydrogen) atoms. The summed E-state index contributed by atoms with van der Waals surface area (Å²) in [5.41, 5.74) is 1.47. The van der Waals surface area contributed by atoms with Crippen molar-refractivity contribution in [2.24, 2.45) is 0 Å². The molecule has 0 aliphatic carbocycles. The predicted octanol–water partition coefficient (Wildman–Crippen LogP) is -0.271. The summed E-state index contributed by atoms with van der Waals surface area (Å²) in [6.45, 7) is 6.52. The Morgan fingerprint density at radius 3 is 2.95 bits per heavy atom. The Balaban J connectivity index is 1.76. The number of carbonyl (C=O) groups is 1. The number of carbonyl (C=O) groups excluding carboxylic acids is 1. The molecule has 7 nitrogen and oxygen atoms in total. The van der Waals surface area contributed by atoms with Crippen molar-refractivity contribution in [3.63, 3.8) is 0 Å². The monoisotopic (exact) mass is 304 g/mol. The fourth-order valence-corrected chi connectivity index (χ4v) is 3.09. The highest BCUT2D eigenvalue weighted by Crippen LogP contribution is 2.20. The molecule has 120 valence electrons. The van der Waals surface area contributed by atoms with Crippen LogP contribution >= 0.6 is 0 Å². The number of nitrogens with zero attached hydrogens (tertiary/aromatic N) is 4. The van der Waals surface area contributed by atoms with Crippen molar-refractivity contribution in [3.05, 3.63) is 17.1 Å². The van der Waals surface area contributed by atoms with Crippen molar-refractivity contribution in [2.75, 3.05) is 52.1 Å². The minimum Gasteiger partial charge on any atom is -0.368 e. The lowest BCUT2D eigenvalue weighted by Gasteiger charge is -2.38. The third-order valence-corrected chi connectivity index (χ3v) is 4.48. The van der Waals surface area contributed by atoms with Crippen molar-refractivity contribution in [3.8, 4) is 0 Å². The van der Waals surface area contributed by atoms with Gasteiger partial charge in [-0.25, -0.2) is 9.97 Å². The van der Waals surface area contributed by atoms with Crippen LogP contribution in [0, 0.1) is 6.92 Å². The molecule has 1 unspecified atom stereocenters. The second-order valence-corrected chi connectivity index (χ2v) is 6.23. The van der Waals surface area contributed by atoms with Gasteiger partial charge in [-0.05, 0) is 27.4 Å². The Morgan fingerprint density at radius 1 is 1.32 bits per heavy atom. The maximum absolute atomic E-state index is 11.9. The summed E-state index contributed by atoms with van der Waals surface area (Å²) in [6, 6.07) is 0.446. The topological polar surface area (TPSA) is 73.4 Å². The molecule has 1 fully saturated rings. The average molecular weight is 304 g/mol. The van der Waals surface area contributed by atoms with E-state index >= 15 is 0 Å². The molecular formula is C15H24N6O. The van der Waals surface area contributed by atoms with Crippen molar-refractivity contribution >= 4 is 11.7 Å². The number of likely N-dealkylation sites (N-methyl/N-ethyl adjacent to an activating group) is 2. The molecule has 7 heteroatoms. The Labute approximate surface area is 131 Å². The highest BCUT2D eigenvalue weighted by Gasteiger charge is 2.25. The van der Waals surface area contributed by atoms with E-state index in [4.69, 9.17) is 0 Å². The minimum absolute atomic E-state index is 0.0932. The maximum atomic E-state index is 11.9. The molecule has 1 saturated heterocycles. The van der Waals surface area contributed by atoms with Crippen LogP contribution in [-0.2, 0) is 6.42 Å². The van der Waals surface area contributed by atoms with Crippen LogP contribution in [0.15, 0.2) is 0 Å². The first-order valence-electron chi connectivity index (χ1n) is 7.83. The van der Waals surface area contributed by atoms with Gasteiger partial charge >= 0.3 is 0 Å². The van der Waals surface area contributed by atoms with Crippen LogP contribution in [-0.4, -0.2) is 78.5 Å². The van der Waals surface area contributed by atoms with Gasteiger partial charge in [0, 0.05) is 44.3 Å². The van der Waals surface area contributed by atoms with Gasteiger partial charge in [-0.1, -0.05) is 0 Å². The van der Waals surface area contributed by atoms with E-state index in [0.717, 1.165) is 44.0 Å². The van der Waals surface area contributed by atoms with E-state index in [9.17, 15) is 4.79 Å². The van der Waals surface area contributed by atoms with E-state index in [1.165, 1.54) is 0 Å². The quantitative estimate of drug-likeness (QED) is 0.801. The number of aromatic nitrogens is 2. The number of anilines is 1. The SMILES string of the molecule is Cc1nc(NCC2CN(C)CCN2C)c2c(n1)C(=O)NCC2. The molecule has 1 aromatic heterocycles. The number of hydrogen-bond acceptors (Lipinski definition) is 6. The Morgan fingerprint density at radius 2 is 2.14 bits per heavy atom. The molecule has 0 bridgehead atoms. The van der Waals surface area contributed by atoms with E-state index in [1.807, 2.05) is 6.92 Å². The lowest BCUT2D eigenvalue weighted by Crippen LogP contribution is -2.52. The van der Waals surface area contributed by atoms with Crippen LogP contribution in [0.25, 0.3) is 0 Å². The van der Waals surface area contributed by atoms with Crippen LogP contribution in [0.1, 0.15) is 21.9 Å². The summed E-state index contributed by atoms with van der Waals surface area (Å²) >= 11 is 0. The maximum Gasteiger partial charge on any atom is 0.270 e. The molecule has 1 atom stereocenters. The van der Waals surface area contributed by atoms with Gasteiger partial charge in [-0.2, -0.15) is 0 Å². The van der Waals surface area contributed by atoms with Crippen LogP contribution in [0.5, 0.6) is 0 Å². The summed E-state index contributed by atoms with van der Waals surface area (Å²) in [5.74, 6) is 1.36. The first-order valence-corrected chi connectivity index (χ1v) is 7.83. The third-order valence-electron chi connectivity index (χ3n) is 4.48. The highest BCUT2D eigenvalue weighted by molar-refractivity contribution is 5.95.